The van der Waals surface area contributed by atoms with Crippen LogP contribution in [0.15, 0.2) is 36.0 Å². The molecule has 0 radical (unpaired) electrons. The normalized spacial score (nSPS) is 10.2. The molecule has 1 aromatic carbocycles. The van der Waals surface area contributed by atoms with Gasteiger partial charge in [-0.15, -0.1) is 11.3 Å². The maximum atomic E-state index is 11.3. The third-order valence-electron chi connectivity index (χ3n) is 2.90. The van der Waals surface area contributed by atoms with Crippen LogP contribution in [-0.2, 0) is 17.9 Å². The Kier molecular flexibility index (Phi) is 4.52. The number of hydrogen-bond acceptors (Lipinski definition) is 4. The monoisotopic (exact) mass is 275 g/mol. The second kappa shape index (κ2) is 6.33. The smallest absolute Gasteiger partial charge is 0.219 e. The molecule has 100 valence electrons. The molecular formula is C14H17N3OS. The van der Waals surface area contributed by atoms with E-state index in [1.807, 2.05) is 43.0 Å². The maximum Gasteiger partial charge on any atom is 0.219 e. The molecule has 0 unspecified atom stereocenters. The average molecular weight is 275 g/mol. The minimum atomic E-state index is 0.0669. The summed E-state index contributed by atoms with van der Waals surface area (Å²) in [7, 11) is 1.81. The Morgan fingerprint density at radius 3 is 2.89 bits per heavy atom. The number of anilines is 1. The van der Waals surface area contributed by atoms with Crippen molar-refractivity contribution in [3.63, 3.8) is 0 Å². The lowest BCUT2D eigenvalue weighted by Crippen LogP contribution is -2.23. The number of nitrogens with zero attached hydrogens (tertiary/aromatic N) is 2. The highest BCUT2D eigenvalue weighted by atomic mass is 32.1. The molecule has 0 aliphatic heterocycles. The number of thiazole rings is 1. The molecule has 2 rings (SSSR count). The van der Waals surface area contributed by atoms with Crippen LogP contribution in [-0.4, -0.2) is 22.8 Å². The summed E-state index contributed by atoms with van der Waals surface area (Å²) in [6.07, 6.45) is 1.86. The Morgan fingerprint density at radius 2 is 2.21 bits per heavy atom. The lowest BCUT2D eigenvalue weighted by atomic mass is 10.1. The van der Waals surface area contributed by atoms with Gasteiger partial charge in [-0.2, -0.15) is 0 Å². The first-order chi connectivity index (χ1) is 9.16. The number of carbonyl (C=O) groups excluding carboxylic acids is 1. The zero-order valence-electron chi connectivity index (χ0n) is 11.1. The van der Waals surface area contributed by atoms with Gasteiger partial charge in [-0.3, -0.25) is 9.78 Å². The summed E-state index contributed by atoms with van der Waals surface area (Å²) in [6.45, 7) is 2.94. The summed E-state index contributed by atoms with van der Waals surface area (Å²) in [6, 6.07) is 8.05. The van der Waals surface area contributed by atoms with Crippen molar-refractivity contribution in [2.75, 3.05) is 12.4 Å². The molecule has 0 atom stereocenters. The van der Waals surface area contributed by atoms with E-state index >= 15 is 0 Å². The summed E-state index contributed by atoms with van der Waals surface area (Å²) in [4.78, 5) is 18.2. The summed E-state index contributed by atoms with van der Waals surface area (Å²) >= 11 is 1.63. The van der Waals surface area contributed by atoms with E-state index in [0.29, 0.717) is 6.54 Å². The molecule has 0 bridgehead atoms. The molecule has 0 saturated carbocycles. The molecular weight excluding hydrogens is 258 g/mol. The van der Waals surface area contributed by atoms with Crippen LogP contribution in [0.4, 0.5) is 5.69 Å². The number of amides is 1. The molecule has 1 N–H and O–H groups in total. The molecule has 1 aromatic heterocycles. The predicted octanol–water partition coefficient (Wildman–Crippen LogP) is 2.73. The second-order valence-electron chi connectivity index (χ2n) is 4.35. The Labute approximate surface area is 117 Å². The van der Waals surface area contributed by atoms with Crippen molar-refractivity contribution in [3.05, 3.63) is 46.4 Å². The van der Waals surface area contributed by atoms with Gasteiger partial charge in [0, 0.05) is 37.3 Å². The standard InChI is InChI=1S/C14H17N3OS/c1-11(18)17(2)9-12-5-3-4-6-14(12)16-8-13-7-15-10-19-13/h3-7,10,16H,8-9H2,1-2H3. The first kappa shape index (κ1) is 13.5. The van der Waals surface area contributed by atoms with Crippen molar-refractivity contribution in [3.8, 4) is 0 Å². The largest absolute Gasteiger partial charge is 0.380 e. The third-order valence-corrected chi connectivity index (χ3v) is 3.68. The third kappa shape index (κ3) is 3.79. The topological polar surface area (TPSA) is 45.2 Å². The molecule has 0 saturated heterocycles. The van der Waals surface area contributed by atoms with Crippen LogP contribution < -0.4 is 5.32 Å². The van der Waals surface area contributed by atoms with Gasteiger partial charge >= 0.3 is 0 Å². The Morgan fingerprint density at radius 1 is 1.42 bits per heavy atom. The van der Waals surface area contributed by atoms with Gasteiger partial charge in [0.2, 0.25) is 5.91 Å². The van der Waals surface area contributed by atoms with E-state index in [1.165, 1.54) is 4.88 Å². The fraction of sp³-hybridized carbons (Fsp3) is 0.286. The van der Waals surface area contributed by atoms with Gasteiger partial charge in [-0.25, -0.2) is 0 Å². The lowest BCUT2D eigenvalue weighted by molar-refractivity contribution is -0.128. The van der Waals surface area contributed by atoms with Crippen molar-refractivity contribution < 1.29 is 4.79 Å². The van der Waals surface area contributed by atoms with E-state index in [0.717, 1.165) is 17.8 Å². The maximum absolute atomic E-state index is 11.3. The number of hydrogen-bond donors (Lipinski definition) is 1. The number of para-hydroxylation sites is 1. The summed E-state index contributed by atoms with van der Waals surface area (Å²) in [5.74, 6) is 0.0669. The van der Waals surface area contributed by atoms with Gasteiger partial charge < -0.3 is 10.2 Å². The van der Waals surface area contributed by atoms with Gasteiger partial charge in [0.15, 0.2) is 0 Å². The van der Waals surface area contributed by atoms with E-state index in [4.69, 9.17) is 0 Å². The van der Waals surface area contributed by atoms with Crippen molar-refractivity contribution in [1.29, 1.82) is 0 Å². The Balaban J connectivity index is 2.05. The molecule has 1 amide bonds. The summed E-state index contributed by atoms with van der Waals surface area (Å²) in [5.41, 5.74) is 4.00. The van der Waals surface area contributed by atoms with Crippen LogP contribution in [0.2, 0.25) is 0 Å². The second-order valence-corrected chi connectivity index (χ2v) is 5.32. The van der Waals surface area contributed by atoms with Gasteiger partial charge in [0.1, 0.15) is 0 Å². The molecule has 0 aliphatic rings. The molecule has 0 fully saturated rings. The van der Waals surface area contributed by atoms with E-state index in [2.05, 4.69) is 10.3 Å². The van der Waals surface area contributed by atoms with Crippen LogP contribution in [0.25, 0.3) is 0 Å². The van der Waals surface area contributed by atoms with Crippen LogP contribution in [0.5, 0.6) is 0 Å². The first-order valence-electron chi connectivity index (χ1n) is 6.07. The van der Waals surface area contributed by atoms with Crippen LogP contribution in [0.3, 0.4) is 0 Å². The Hall–Kier alpha value is -1.88. The van der Waals surface area contributed by atoms with E-state index in [-0.39, 0.29) is 5.91 Å². The lowest BCUT2D eigenvalue weighted by Gasteiger charge is -2.18. The zero-order valence-corrected chi connectivity index (χ0v) is 11.9. The fourth-order valence-electron chi connectivity index (χ4n) is 1.71. The van der Waals surface area contributed by atoms with E-state index < -0.39 is 0 Å². The van der Waals surface area contributed by atoms with Crippen molar-refractivity contribution in [2.24, 2.45) is 0 Å². The number of rotatable bonds is 5. The SMILES string of the molecule is CC(=O)N(C)Cc1ccccc1NCc1cncs1. The van der Waals surface area contributed by atoms with E-state index in [1.54, 1.807) is 23.2 Å². The van der Waals surface area contributed by atoms with Gasteiger partial charge in [0.05, 0.1) is 12.1 Å². The zero-order chi connectivity index (χ0) is 13.7. The fourth-order valence-corrected chi connectivity index (χ4v) is 2.24. The molecule has 0 aliphatic carbocycles. The van der Waals surface area contributed by atoms with Crippen molar-refractivity contribution in [2.45, 2.75) is 20.0 Å². The molecule has 0 spiro atoms. The van der Waals surface area contributed by atoms with Gasteiger partial charge in [-0.05, 0) is 11.6 Å². The van der Waals surface area contributed by atoms with Gasteiger partial charge in [-0.1, -0.05) is 18.2 Å². The van der Waals surface area contributed by atoms with Crippen LogP contribution in [0, 0.1) is 0 Å². The number of aromatic nitrogens is 1. The minimum Gasteiger partial charge on any atom is -0.380 e. The number of benzene rings is 1. The van der Waals surface area contributed by atoms with Crippen LogP contribution >= 0.6 is 11.3 Å². The molecule has 19 heavy (non-hydrogen) atoms. The highest BCUT2D eigenvalue weighted by Gasteiger charge is 2.07. The van der Waals surface area contributed by atoms with Crippen molar-refractivity contribution in [1.82, 2.24) is 9.88 Å². The summed E-state index contributed by atoms with van der Waals surface area (Å²) < 4.78 is 0. The highest BCUT2D eigenvalue weighted by molar-refractivity contribution is 7.09. The molecule has 4 nitrogen and oxygen atoms in total. The van der Waals surface area contributed by atoms with Gasteiger partial charge in [0.25, 0.3) is 0 Å². The quantitative estimate of drug-likeness (QED) is 0.912. The highest BCUT2D eigenvalue weighted by Crippen LogP contribution is 2.18. The summed E-state index contributed by atoms with van der Waals surface area (Å²) in [5, 5.41) is 3.39. The molecule has 2 aromatic rings. The molecule has 1 heterocycles. The number of carbonyl (C=O) groups is 1. The minimum absolute atomic E-state index is 0.0669. The average Bonchev–Trinajstić information content (AvgIpc) is 2.90. The molecule has 5 heteroatoms. The number of nitrogens with one attached hydrogen (secondary N) is 1. The van der Waals surface area contributed by atoms with Crippen molar-refractivity contribution >= 4 is 22.9 Å². The van der Waals surface area contributed by atoms with Crippen LogP contribution in [0.1, 0.15) is 17.4 Å². The predicted molar refractivity (Wildman–Crippen MR) is 78.0 cm³/mol. The Bertz CT molecular complexity index is 539. The van der Waals surface area contributed by atoms with E-state index in [9.17, 15) is 4.79 Å². The first-order valence-corrected chi connectivity index (χ1v) is 6.95.